The van der Waals surface area contributed by atoms with E-state index in [4.69, 9.17) is 16.6 Å². The minimum absolute atomic E-state index is 0.487. The third-order valence-corrected chi connectivity index (χ3v) is 4.75. The van der Waals surface area contributed by atoms with Gasteiger partial charge in [-0.1, -0.05) is 65.7 Å². The number of nitrogens with zero attached hydrogens (tertiary/aromatic N) is 2. The summed E-state index contributed by atoms with van der Waals surface area (Å²) in [5.74, 6) is 0.656. The second-order valence-electron chi connectivity index (χ2n) is 4.74. The molecule has 1 aromatic heterocycles. The maximum absolute atomic E-state index is 6.30. The van der Waals surface area contributed by atoms with Gasteiger partial charge in [-0.25, -0.2) is 9.97 Å². The monoisotopic (exact) mass is 406 g/mol. The van der Waals surface area contributed by atoms with E-state index in [1.165, 1.54) is 5.56 Å². The summed E-state index contributed by atoms with van der Waals surface area (Å²) in [5, 5.41) is 0.487. The van der Waals surface area contributed by atoms with Crippen LogP contribution in [-0.4, -0.2) is 9.97 Å². The minimum Gasteiger partial charge on any atom is -0.227 e. The maximum atomic E-state index is 6.30. The lowest BCUT2D eigenvalue weighted by molar-refractivity contribution is 1.16. The SMILES string of the molecule is Cc1cccc(-c2nc(Cl)c(I)c(-c3ccccc3)n2)c1. The molecule has 0 saturated heterocycles. The summed E-state index contributed by atoms with van der Waals surface area (Å²) in [6, 6.07) is 18.1. The van der Waals surface area contributed by atoms with Gasteiger partial charge in [-0.05, 0) is 35.6 Å². The summed E-state index contributed by atoms with van der Waals surface area (Å²) in [5.41, 5.74) is 4.06. The van der Waals surface area contributed by atoms with E-state index in [1.54, 1.807) is 0 Å². The third-order valence-electron chi connectivity index (χ3n) is 3.13. The van der Waals surface area contributed by atoms with Gasteiger partial charge in [0.15, 0.2) is 5.82 Å². The number of aromatic nitrogens is 2. The van der Waals surface area contributed by atoms with E-state index in [1.807, 2.05) is 42.5 Å². The van der Waals surface area contributed by atoms with Gasteiger partial charge in [0.25, 0.3) is 0 Å². The zero-order valence-corrected chi connectivity index (χ0v) is 14.3. The highest BCUT2D eigenvalue weighted by Gasteiger charge is 2.13. The van der Waals surface area contributed by atoms with Crippen molar-refractivity contribution in [3.8, 4) is 22.6 Å². The molecule has 0 atom stereocenters. The van der Waals surface area contributed by atoms with E-state index in [0.29, 0.717) is 11.0 Å². The van der Waals surface area contributed by atoms with Crippen molar-refractivity contribution in [2.24, 2.45) is 0 Å². The number of hydrogen-bond acceptors (Lipinski definition) is 2. The Hall–Kier alpha value is -1.46. The molecule has 0 bridgehead atoms. The predicted octanol–water partition coefficient (Wildman–Crippen LogP) is 5.38. The van der Waals surface area contributed by atoms with Crippen LogP contribution in [0, 0.1) is 10.5 Å². The third kappa shape index (κ3) is 3.09. The molecule has 0 aliphatic rings. The van der Waals surface area contributed by atoms with Gasteiger partial charge in [0.2, 0.25) is 0 Å². The standard InChI is InChI=1S/C17H12ClIN2/c1-11-6-5-9-13(10-11)17-20-15(14(19)16(18)21-17)12-7-3-2-4-8-12/h2-10H,1H3. The summed E-state index contributed by atoms with van der Waals surface area (Å²) in [6.45, 7) is 2.05. The zero-order chi connectivity index (χ0) is 14.8. The van der Waals surface area contributed by atoms with Gasteiger partial charge in [-0.3, -0.25) is 0 Å². The molecule has 3 aromatic rings. The quantitative estimate of drug-likeness (QED) is 0.422. The summed E-state index contributed by atoms with van der Waals surface area (Å²) in [7, 11) is 0. The van der Waals surface area contributed by atoms with Crippen LogP contribution in [0.15, 0.2) is 54.6 Å². The van der Waals surface area contributed by atoms with Crippen molar-refractivity contribution in [1.29, 1.82) is 0 Å². The highest BCUT2D eigenvalue weighted by molar-refractivity contribution is 14.1. The van der Waals surface area contributed by atoms with Crippen LogP contribution >= 0.6 is 34.2 Å². The van der Waals surface area contributed by atoms with Crippen LogP contribution in [0.3, 0.4) is 0 Å². The molecule has 0 fully saturated rings. The molecule has 0 aliphatic heterocycles. The Morgan fingerprint density at radius 3 is 2.33 bits per heavy atom. The van der Waals surface area contributed by atoms with Gasteiger partial charge in [-0.15, -0.1) is 0 Å². The summed E-state index contributed by atoms with van der Waals surface area (Å²) >= 11 is 8.49. The van der Waals surface area contributed by atoms with Crippen molar-refractivity contribution in [3.63, 3.8) is 0 Å². The van der Waals surface area contributed by atoms with Crippen molar-refractivity contribution in [1.82, 2.24) is 9.97 Å². The summed E-state index contributed by atoms with van der Waals surface area (Å²) in [4.78, 5) is 9.13. The van der Waals surface area contributed by atoms with Gasteiger partial charge < -0.3 is 0 Å². The van der Waals surface area contributed by atoms with E-state index in [-0.39, 0.29) is 0 Å². The van der Waals surface area contributed by atoms with Gasteiger partial charge in [0, 0.05) is 11.1 Å². The molecule has 21 heavy (non-hydrogen) atoms. The van der Waals surface area contributed by atoms with E-state index >= 15 is 0 Å². The van der Waals surface area contributed by atoms with Gasteiger partial charge in [-0.2, -0.15) is 0 Å². The number of benzene rings is 2. The fourth-order valence-electron chi connectivity index (χ4n) is 2.12. The average molecular weight is 407 g/mol. The molecule has 2 aromatic carbocycles. The number of aryl methyl sites for hydroxylation is 1. The Labute approximate surface area is 142 Å². The molecule has 2 nitrogen and oxygen atoms in total. The first-order valence-corrected chi connectivity index (χ1v) is 7.96. The Bertz CT molecular complexity index is 788. The Morgan fingerprint density at radius 1 is 0.905 bits per heavy atom. The molecule has 0 amide bonds. The lowest BCUT2D eigenvalue weighted by atomic mass is 10.1. The minimum atomic E-state index is 0.487. The number of rotatable bonds is 2. The molecule has 0 N–H and O–H groups in total. The van der Waals surface area contributed by atoms with Crippen LogP contribution in [0.4, 0.5) is 0 Å². The molecule has 0 aliphatic carbocycles. The fraction of sp³-hybridized carbons (Fsp3) is 0.0588. The van der Waals surface area contributed by atoms with Crippen molar-refractivity contribution >= 4 is 34.2 Å². The largest absolute Gasteiger partial charge is 0.227 e. The molecule has 3 rings (SSSR count). The number of halogens is 2. The summed E-state index contributed by atoms with van der Waals surface area (Å²) in [6.07, 6.45) is 0. The lowest BCUT2D eigenvalue weighted by Crippen LogP contribution is -1.97. The average Bonchev–Trinajstić information content (AvgIpc) is 2.51. The second kappa shape index (κ2) is 6.12. The first-order valence-electron chi connectivity index (χ1n) is 6.50. The zero-order valence-electron chi connectivity index (χ0n) is 11.3. The van der Waals surface area contributed by atoms with E-state index in [9.17, 15) is 0 Å². The molecule has 0 radical (unpaired) electrons. The number of hydrogen-bond donors (Lipinski definition) is 0. The van der Waals surface area contributed by atoms with Crippen molar-refractivity contribution < 1.29 is 0 Å². The van der Waals surface area contributed by atoms with Crippen LogP contribution in [-0.2, 0) is 0 Å². The first kappa shape index (κ1) is 14.5. The van der Waals surface area contributed by atoms with Gasteiger partial charge in [0.1, 0.15) is 5.15 Å². The molecule has 104 valence electrons. The van der Waals surface area contributed by atoms with E-state index in [0.717, 1.165) is 20.4 Å². The second-order valence-corrected chi connectivity index (χ2v) is 6.17. The lowest BCUT2D eigenvalue weighted by Gasteiger charge is -2.09. The normalized spacial score (nSPS) is 10.6. The molecule has 4 heteroatoms. The Morgan fingerprint density at radius 2 is 1.62 bits per heavy atom. The smallest absolute Gasteiger partial charge is 0.161 e. The van der Waals surface area contributed by atoms with Crippen LogP contribution in [0.5, 0.6) is 0 Å². The molecule has 0 spiro atoms. The molecular weight excluding hydrogens is 395 g/mol. The maximum Gasteiger partial charge on any atom is 0.161 e. The molecule has 0 unspecified atom stereocenters. The highest BCUT2D eigenvalue weighted by Crippen LogP contribution is 2.30. The Balaban J connectivity index is 2.19. The van der Waals surface area contributed by atoms with Crippen LogP contribution in [0.1, 0.15) is 5.56 Å². The first-order chi connectivity index (χ1) is 10.1. The summed E-state index contributed by atoms with van der Waals surface area (Å²) < 4.78 is 0.872. The van der Waals surface area contributed by atoms with Gasteiger partial charge in [0.05, 0.1) is 9.26 Å². The van der Waals surface area contributed by atoms with Crippen LogP contribution in [0.25, 0.3) is 22.6 Å². The topological polar surface area (TPSA) is 25.8 Å². The Kier molecular flexibility index (Phi) is 4.22. The van der Waals surface area contributed by atoms with E-state index in [2.05, 4.69) is 46.6 Å². The van der Waals surface area contributed by atoms with Crippen molar-refractivity contribution in [3.05, 3.63) is 68.9 Å². The van der Waals surface area contributed by atoms with Crippen LogP contribution in [0.2, 0.25) is 5.15 Å². The van der Waals surface area contributed by atoms with Crippen molar-refractivity contribution in [2.75, 3.05) is 0 Å². The van der Waals surface area contributed by atoms with E-state index < -0.39 is 0 Å². The van der Waals surface area contributed by atoms with Crippen molar-refractivity contribution in [2.45, 2.75) is 6.92 Å². The molecule has 1 heterocycles. The molecule has 0 saturated carbocycles. The van der Waals surface area contributed by atoms with Crippen LogP contribution < -0.4 is 0 Å². The fourth-order valence-corrected chi connectivity index (χ4v) is 2.84. The highest BCUT2D eigenvalue weighted by atomic mass is 127. The molecular formula is C17H12ClIN2. The van der Waals surface area contributed by atoms with Gasteiger partial charge >= 0.3 is 0 Å². The predicted molar refractivity (Wildman–Crippen MR) is 95.4 cm³/mol.